The number of carboxylic acid groups (broad SMARTS) is 1. The smallest absolute Gasteiger partial charge is 0.337 e. The largest absolute Gasteiger partial charge is 0.478 e. The highest BCUT2D eigenvalue weighted by Crippen LogP contribution is 2.35. The van der Waals surface area contributed by atoms with Gasteiger partial charge in [-0.25, -0.2) is 4.79 Å². The predicted molar refractivity (Wildman–Crippen MR) is 373 cm³/mol. The van der Waals surface area contributed by atoms with E-state index in [0.717, 1.165) is 26.6 Å². The first-order valence-corrected chi connectivity index (χ1v) is 34.4. The molecule has 2 rings (SSSR count). The number of carbonyl (C=O) groups is 12. The highest BCUT2D eigenvalue weighted by molar-refractivity contribution is 6.03. The van der Waals surface area contributed by atoms with Crippen LogP contribution in [-0.4, -0.2) is 302 Å². The van der Waals surface area contributed by atoms with Crippen LogP contribution in [0.4, 0.5) is 5.69 Å². The summed E-state index contributed by atoms with van der Waals surface area (Å²) in [6, 6.07) is -8.03. The number of nitrogens with zero attached hydrogens (tertiary/aromatic N) is 7. The lowest BCUT2D eigenvalue weighted by atomic mass is 9.93. The number of likely N-dealkylation sites (N-methyl/N-ethyl adjacent to an activating group) is 7. The monoisotopic (exact) mass is 1430 g/mol. The van der Waals surface area contributed by atoms with Crippen LogP contribution < -0.4 is 27.0 Å². The predicted octanol–water partition coefficient (Wildman–Crippen LogP) is -0.885. The van der Waals surface area contributed by atoms with Crippen molar-refractivity contribution in [3.05, 3.63) is 29.8 Å². The van der Waals surface area contributed by atoms with E-state index in [4.69, 9.17) is 15.2 Å². The van der Waals surface area contributed by atoms with Crippen LogP contribution in [0, 0.1) is 41.4 Å². The summed E-state index contributed by atoms with van der Waals surface area (Å²) < 4.78 is 11.7. The van der Waals surface area contributed by atoms with Gasteiger partial charge in [0.15, 0.2) is 0 Å². The van der Waals surface area contributed by atoms with Gasteiger partial charge in [-0.2, -0.15) is 0 Å². The molecule has 1 saturated heterocycles. The fourth-order valence-corrected chi connectivity index (χ4v) is 12.8. The van der Waals surface area contributed by atoms with Gasteiger partial charge in [0.05, 0.1) is 42.7 Å². The summed E-state index contributed by atoms with van der Waals surface area (Å²) in [5, 5.41) is 73.2. The van der Waals surface area contributed by atoms with Crippen molar-refractivity contribution in [2.75, 3.05) is 74.4 Å². The maximum Gasteiger partial charge on any atom is 0.337 e. The molecular formula is C69H118N12O20. The highest BCUT2D eigenvalue weighted by atomic mass is 16.7. The molecule has 17 atom stereocenters. The maximum atomic E-state index is 15.2. The number of aliphatic hydroxyl groups is 5. The molecule has 1 heterocycles. The van der Waals surface area contributed by atoms with Gasteiger partial charge in [-0.05, 0) is 74.3 Å². The fraction of sp³-hybridized carbons (Fsp3) is 0.739. The molecule has 1 fully saturated rings. The Hall–Kier alpha value is -7.46. The first-order valence-electron chi connectivity index (χ1n) is 34.4. The Labute approximate surface area is 594 Å². The Morgan fingerprint density at radius 1 is 0.525 bits per heavy atom. The lowest BCUT2D eigenvalue weighted by molar-refractivity contribution is -0.296. The summed E-state index contributed by atoms with van der Waals surface area (Å²) >= 11 is 0. The molecule has 0 spiro atoms. The lowest BCUT2D eigenvalue weighted by Gasteiger charge is -2.42. The van der Waals surface area contributed by atoms with Crippen LogP contribution in [0.1, 0.15) is 134 Å². The minimum Gasteiger partial charge on any atom is -0.478 e. The fourth-order valence-electron chi connectivity index (χ4n) is 12.8. The van der Waals surface area contributed by atoms with Crippen LogP contribution >= 0.6 is 0 Å². The van der Waals surface area contributed by atoms with Gasteiger partial charge >= 0.3 is 5.97 Å². The first kappa shape index (κ1) is 89.6. The average Bonchev–Trinajstić information content (AvgIpc) is 1.68. The number of rotatable bonds is 37. The Kier molecular flexibility index (Phi) is 34.3. The molecule has 1 aromatic rings. The lowest BCUT2D eigenvalue weighted by Crippen LogP contribution is -2.65. The van der Waals surface area contributed by atoms with E-state index in [1.165, 1.54) is 96.0 Å². The zero-order chi connectivity index (χ0) is 78.2. The van der Waals surface area contributed by atoms with Crippen molar-refractivity contribution in [3.63, 3.8) is 0 Å². The molecule has 32 nitrogen and oxygen atoms in total. The molecule has 32 heteroatoms. The SMILES string of the molecule is CC[C@H](C)[C@H](NC(=O)[C@H](C(C)C)N(C)C(=O)[C@H](C(C)C)N(C)C(=O)[C@H](C(C)C)N(C)C(=O)[C@@H](NC(=O)[C@H](C(C)C)N(C)C(=O)[C@H]([C@H](C)O[C@]1(CO)O[C@H](CO)[C@@H](O)[C@@H]1O)N(C)C(=O)[C@@H](NC(=O)[C@H](C)N)[C@H](C)O)C(C)C)C(=O)N(C)[C@H](C(=O)N(C)CC(=O)Nc1ccccc1C(=O)O)C(C)C. The normalized spacial score (nSPS) is 20.0. The number of para-hydroxylation sites is 1. The number of hydrogen-bond acceptors (Lipinski definition) is 20. The highest BCUT2D eigenvalue weighted by Gasteiger charge is 2.57. The van der Waals surface area contributed by atoms with Crippen LogP contribution in [0.25, 0.3) is 0 Å². The third-order valence-electron chi connectivity index (χ3n) is 18.7. The second-order valence-electron chi connectivity index (χ2n) is 28.9. The van der Waals surface area contributed by atoms with Gasteiger partial charge in [0.2, 0.25) is 70.8 Å². The van der Waals surface area contributed by atoms with Crippen molar-refractivity contribution in [1.82, 2.24) is 50.2 Å². The number of aliphatic hydroxyl groups excluding tert-OH is 5. The Bertz CT molecular complexity index is 3040. The molecule has 0 unspecified atom stereocenters. The number of anilines is 1. The zero-order valence-electron chi connectivity index (χ0n) is 63.4. The molecule has 1 aliphatic heterocycles. The van der Waals surface area contributed by atoms with Gasteiger partial charge in [-0.3, -0.25) is 52.7 Å². The van der Waals surface area contributed by atoms with Gasteiger partial charge in [0, 0.05) is 49.3 Å². The zero-order valence-corrected chi connectivity index (χ0v) is 63.4. The molecule has 0 aliphatic carbocycles. The molecule has 0 aromatic heterocycles. The van der Waals surface area contributed by atoms with Crippen molar-refractivity contribution in [2.45, 2.75) is 221 Å². The van der Waals surface area contributed by atoms with Crippen molar-refractivity contribution in [3.8, 4) is 0 Å². The van der Waals surface area contributed by atoms with Crippen LogP contribution in [0.2, 0.25) is 0 Å². The van der Waals surface area contributed by atoms with E-state index in [0.29, 0.717) is 6.42 Å². The molecule has 12 N–H and O–H groups in total. The van der Waals surface area contributed by atoms with E-state index >= 15 is 19.2 Å². The molecule has 1 aliphatic rings. The van der Waals surface area contributed by atoms with E-state index in [1.807, 2.05) is 6.92 Å². The van der Waals surface area contributed by atoms with Crippen molar-refractivity contribution >= 4 is 76.6 Å². The quantitative estimate of drug-likeness (QED) is 0.0385. The van der Waals surface area contributed by atoms with Gasteiger partial charge in [-0.1, -0.05) is 115 Å². The van der Waals surface area contributed by atoms with Gasteiger partial charge in [0.1, 0.15) is 79.3 Å². The summed E-state index contributed by atoms with van der Waals surface area (Å²) in [7, 11) is 9.30. The average molecular weight is 1440 g/mol. The standard InChI is InChI=1S/C69H118N12O20/c1-25-39(14)48(62(92)78(21)52(36(8)9)64(94)75(18)30-46(85)71-44-29-27-26-28-43(44)68(98)99)73-60(90)51(35(6)7)76(19)65(95)54(38(12)13)80(23)66(96)53(37(10)11)79(22)61(91)47(33(2)3)72-59(89)50(34(4)5)77(20)67(97)55(81(24)63(93)49(41(16)84)74-58(88)40(15)70)42(17)100-69(32-83)57(87)56(86)45(31-82)101-69/h26-29,33-42,45,47-57,82-84,86-87H,25,30-32,70H2,1-24H3,(H,71,85)(H,72,89)(H,73,90)(H,74,88)(H,98,99)/t39-,40-,41-,42-,45+,47-,48-,49-,50-,51-,52-,53-,54-,55-,56+,57-,69+/m0/s1. The first-order chi connectivity index (χ1) is 46.6. The van der Waals surface area contributed by atoms with E-state index in [-0.39, 0.29) is 11.3 Å². The third-order valence-corrected chi connectivity index (χ3v) is 18.7. The number of benzene rings is 1. The van der Waals surface area contributed by atoms with Gasteiger partial charge in [0.25, 0.3) is 0 Å². The van der Waals surface area contributed by atoms with Gasteiger partial charge in [-0.15, -0.1) is 0 Å². The number of ether oxygens (including phenoxy) is 2. The minimum absolute atomic E-state index is 0.0232. The number of nitrogens with one attached hydrogen (secondary N) is 4. The molecule has 11 amide bonds. The minimum atomic E-state index is -2.49. The van der Waals surface area contributed by atoms with Crippen molar-refractivity contribution in [1.29, 1.82) is 0 Å². The topological polar surface area (TPSA) is 441 Å². The molecule has 0 saturated carbocycles. The molecular weight excluding hydrogens is 1320 g/mol. The number of hydrogen-bond donors (Lipinski definition) is 11. The number of carbonyl (C=O) groups excluding carboxylic acids is 11. The summed E-state index contributed by atoms with van der Waals surface area (Å²) in [5.41, 5.74) is 5.63. The number of nitrogens with two attached hydrogens (primary N) is 1. The van der Waals surface area contributed by atoms with Crippen LogP contribution in [-0.2, 0) is 62.2 Å². The molecule has 101 heavy (non-hydrogen) atoms. The number of aromatic carboxylic acids is 1. The second-order valence-corrected chi connectivity index (χ2v) is 28.9. The Morgan fingerprint density at radius 3 is 1.29 bits per heavy atom. The van der Waals surface area contributed by atoms with Crippen LogP contribution in [0.3, 0.4) is 0 Å². The Morgan fingerprint density at radius 2 is 0.901 bits per heavy atom. The molecule has 0 radical (unpaired) electrons. The summed E-state index contributed by atoms with van der Waals surface area (Å²) in [6.07, 6.45) is -8.14. The van der Waals surface area contributed by atoms with Crippen LogP contribution in [0.15, 0.2) is 24.3 Å². The maximum absolute atomic E-state index is 15.2. The third kappa shape index (κ3) is 21.8. The second kappa shape index (κ2) is 38.7. The number of amides is 11. The molecule has 1 aromatic carbocycles. The summed E-state index contributed by atoms with van der Waals surface area (Å²) in [6.45, 7) is 24.9. The number of carboxylic acids is 1. The van der Waals surface area contributed by atoms with Crippen LogP contribution in [0.5, 0.6) is 0 Å². The van der Waals surface area contributed by atoms with E-state index < -0.39 is 229 Å². The van der Waals surface area contributed by atoms with Crippen molar-refractivity contribution in [2.24, 2.45) is 47.2 Å². The summed E-state index contributed by atoms with van der Waals surface area (Å²) in [5.74, 6) is -16.7. The van der Waals surface area contributed by atoms with E-state index in [9.17, 15) is 69.0 Å². The van der Waals surface area contributed by atoms with Gasteiger partial charge < -0.3 is 101 Å². The van der Waals surface area contributed by atoms with E-state index in [2.05, 4.69) is 21.3 Å². The van der Waals surface area contributed by atoms with E-state index in [1.54, 1.807) is 96.1 Å². The molecule has 574 valence electrons. The molecule has 0 bridgehead atoms. The summed E-state index contributed by atoms with van der Waals surface area (Å²) in [4.78, 5) is 179. The Balaban J connectivity index is 2.59. The van der Waals surface area contributed by atoms with Crippen molar-refractivity contribution < 1.29 is 97.6 Å².